The molecule has 3 aliphatic heterocycles. The van der Waals surface area contributed by atoms with Crippen LogP contribution in [0.4, 0.5) is 0 Å². The number of nitrogens with zero attached hydrogens (tertiary/aromatic N) is 1. The molecule has 4 nitrogen and oxygen atoms in total. The molecule has 114 valence electrons. The number of rotatable bonds is 2. The molecule has 1 aromatic carbocycles. The first-order valence-corrected chi connectivity index (χ1v) is 7.99. The van der Waals surface area contributed by atoms with Gasteiger partial charge in [-0.3, -0.25) is 4.90 Å². The van der Waals surface area contributed by atoms with Crippen LogP contribution in [0.5, 0.6) is 5.75 Å². The van der Waals surface area contributed by atoms with Crippen molar-refractivity contribution in [1.82, 2.24) is 4.90 Å². The summed E-state index contributed by atoms with van der Waals surface area (Å²) in [6.07, 6.45) is 3.44. The van der Waals surface area contributed by atoms with Gasteiger partial charge in [0.05, 0.1) is 19.8 Å². The van der Waals surface area contributed by atoms with Crippen LogP contribution >= 0.6 is 0 Å². The molecule has 0 radical (unpaired) electrons. The first-order valence-electron chi connectivity index (χ1n) is 7.99. The van der Waals surface area contributed by atoms with Crippen molar-refractivity contribution in [3.8, 4) is 5.75 Å². The largest absolute Gasteiger partial charge is 0.488 e. The van der Waals surface area contributed by atoms with Gasteiger partial charge in [-0.2, -0.15) is 0 Å². The topological polar surface area (TPSA) is 30.9 Å². The van der Waals surface area contributed by atoms with Gasteiger partial charge in [0, 0.05) is 19.4 Å². The Morgan fingerprint density at radius 3 is 3.00 bits per heavy atom. The van der Waals surface area contributed by atoms with Crippen LogP contribution in [0.1, 0.15) is 24.0 Å². The second-order valence-electron chi connectivity index (χ2n) is 6.50. The van der Waals surface area contributed by atoms with Crippen LogP contribution in [0.3, 0.4) is 0 Å². The van der Waals surface area contributed by atoms with Crippen LogP contribution in [0.2, 0.25) is 0 Å². The van der Waals surface area contributed by atoms with Crippen molar-refractivity contribution in [2.45, 2.75) is 38.1 Å². The molecule has 3 heterocycles. The fourth-order valence-corrected chi connectivity index (χ4v) is 3.80. The second-order valence-corrected chi connectivity index (χ2v) is 6.50. The van der Waals surface area contributed by atoms with Gasteiger partial charge in [-0.15, -0.1) is 0 Å². The summed E-state index contributed by atoms with van der Waals surface area (Å²) in [5.41, 5.74) is 2.66. The molecule has 1 aromatic rings. The van der Waals surface area contributed by atoms with E-state index in [1.165, 1.54) is 11.1 Å². The first-order chi connectivity index (χ1) is 10.2. The highest BCUT2D eigenvalue weighted by Crippen LogP contribution is 2.33. The van der Waals surface area contributed by atoms with E-state index in [9.17, 15) is 0 Å². The molecule has 3 aliphatic rings. The van der Waals surface area contributed by atoms with Gasteiger partial charge in [-0.25, -0.2) is 0 Å². The summed E-state index contributed by atoms with van der Waals surface area (Å²) < 4.78 is 17.8. The van der Waals surface area contributed by atoms with Crippen molar-refractivity contribution in [2.24, 2.45) is 0 Å². The van der Waals surface area contributed by atoms with Gasteiger partial charge in [0.25, 0.3) is 0 Å². The molecule has 2 saturated heterocycles. The highest BCUT2D eigenvalue weighted by molar-refractivity contribution is 5.40. The molecule has 1 spiro atoms. The lowest BCUT2D eigenvalue weighted by Gasteiger charge is -2.39. The van der Waals surface area contributed by atoms with Crippen molar-refractivity contribution in [1.29, 1.82) is 0 Å². The maximum absolute atomic E-state index is 6.09. The van der Waals surface area contributed by atoms with Gasteiger partial charge in [-0.05, 0) is 31.5 Å². The third-order valence-electron chi connectivity index (χ3n) is 4.73. The van der Waals surface area contributed by atoms with Gasteiger partial charge in [0.2, 0.25) is 0 Å². The van der Waals surface area contributed by atoms with Gasteiger partial charge < -0.3 is 14.2 Å². The molecular formula is C17H23NO3. The van der Waals surface area contributed by atoms with Gasteiger partial charge in [-0.1, -0.05) is 17.7 Å². The Kier molecular flexibility index (Phi) is 3.40. The Morgan fingerprint density at radius 1 is 1.29 bits per heavy atom. The lowest BCUT2D eigenvalue weighted by atomic mass is 10.0. The number of hydrogen-bond donors (Lipinski definition) is 0. The Balaban J connectivity index is 1.39. The average molecular weight is 289 g/mol. The van der Waals surface area contributed by atoms with Crippen molar-refractivity contribution < 1.29 is 14.2 Å². The minimum Gasteiger partial charge on any atom is -0.488 e. The first kappa shape index (κ1) is 13.6. The fourth-order valence-electron chi connectivity index (χ4n) is 3.80. The number of ether oxygens (including phenoxy) is 3. The smallest absolute Gasteiger partial charge is 0.181 e. The summed E-state index contributed by atoms with van der Waals surface area (Å²) >= 11 is 0. The van der Waals surface area contributed by atoms with E-state index in [-0.39, 0.29) is 11.9 Å². The molecule has 21 heavy (non-hydrogen) atoms. The van der Waals surface area contributed by atoms with Gasteiger partial charge >= 0.3 is 0 Å². The normalized spacial score (nSPS) is 27.8. The quantitative estimate of drug-likeness (QED) is 0.834. The molecule has 0 saturated carbocycles. The van der Waals surface area contributed by atoms with E-state index in [1.54, 1.807) is 0 Å². The summed E-state index contributed by atoms with van der Waals surface area (Å²) in [5, 5.41) is 0. The lowest BCUT2D eigenvalue weighted by Crippen LogP contribution is -2.51. The monoisotopic (exact) mass is 289 g/mol. The summed E-state index contributed by atoms with van der Waals surface area (Å²) in [4.78, 5) is 2.44. The Bertz CT molecular complexity index is 525. The van der Waals surface area contributed by atoms with E-state index in [0.29, 0.717) is 0 Å². The summed E-state index contributed by atoms with van der Waals surface area (Å²) in [6.45, 7) is 6.56. The van der Waals surface area contributed by atoms with E-state index in [4.69, 9.17) is 14.2 Å². The number of hydrogen-bond acceptors (Lipinski definition) is 4. The van der Waals surface area contributed by atoms with E-state index < -0.39 is 0 Å². The van der Waals surface area contributed by atoms with Crippen LogP contribution in [-0.2, 0) is 15.9 Å². The highest BCUT2D eigenvalue weighted by atomic mass is 16.7. The SMILES string of the molecule is Cc1ccc2c(c1)CC(CN1CCCC3(C1)OCCO3)O2. The number of benzene rings is 1. The van der Waals surface area contributed by atoms with Crippen LogP contribution < -0.4 is 4.74 Å². The number of fused-ring (bicyclic) bond motifs is 1. The summed E-state index contributed by atoms with van der Waals surface area (Å²) in [6, 6.07) is 6.47. The molecule has 0 aromatic heterocycles. The molecular weight excluding hydrogens is 266 g/mol. The summed E-state index contributed by atoms with van der Waals surface area (Å²) in [5.74, 6) is 0.728. The molecule has 0 N–H and O–H groups in total. The Hall–Kier alpha value is -1.10. The third-order valence-corrected chi connectivity index (χ3v) is 4.73. The minimum atomic E-state index is -0.333. The average Bonchev–Trinajstić information content (AvgIpc) is 3.05. The Morgan fingerprint density at radius 2 is 2.14 bits per heavy atom. The molecule has 2 fully saturated rings. The van der Waals surface area contributed by atoms with Crippen LogP contribution in [0.15, 0.2) is 18.2 Å². The van der Waals surface area contributed by atoms with E-state index in [2.05, 4.69) is 30.0 Å². The van der Waals surface area contributed by atoms with Crippen molar-refractivity contribution in [3.63, 3.8) is 0 Å². The van der Waals surface area contributed by atoms with Gasteiger partial charge in [0.1, 0.15) is 11.9 Å². The van der Waals surface area contributed by atoms with E-state index in [1.807, 2.05) is 0 Å². The predicted molar refractivity (Wildman–Crippen MR) is 79.6 cm³/mol. The zero-order valence-corrected chi connectivity index (χ0v) is 12.6. The van der Waals surface area contributed by atoms with E-state index >= 15 is 0 Å². The lowest BCUT2D eigenvalue weighted by molar-refractivity contribution is -0.190. The number of likely N-dealkylation sites (tertiary alicyclic amines) is 1. The van der Waals surface area contributed by atoms with Crippen molar-refractivity contribution in [3.05, 3.63) is 29.3 Å². The van der Waals surface area contributed by atoms with Crippen molar-refractivity contribution in [2.75, 3.05) is 32.8 Å². The maximum Gasteiger partial charge on any atom is 0.181 e. The maximum atomic E-state index is 6.09. The molecule has 0 aliphatic carbocycles. The second kappa shape index (κ2) is 5.27. The van der Waals surface area contributed by atoms with E-state index in [0.717, 1.165) is 57.9 Å². The van der Waals surface area contributed by atoms with Gasteiger partial charge in [0.15, 0.2) is 5.79 Å². The highest BCUT2D eigenvalue weighted by Gasteiger charge is 2.41. The zero-order chi connectivity index (χ0) is 14.3. The molecule has 1 atom stereocenters. The Labute approximate surface area is 126 Å². The molecule has 0 amide bonds. The molecule has 4 rings (SSSR count). The minimum absolute atomic E-state index is 0.262. The molecule has 1 unspecified atom stereocenters. The van der Waals surface area contributed by atoms with Crippen LogP contribution in [0, 0.1) is 6.92 Å². The number of aryl methyl sites for hydroxylation is 1. The standard InChI is InChI=1S/C17H23NO3/c1-13-3-4-16-14(9-13)10-15(21-16)11-18-6-2-5-17(12-18)19-7-8-20-17/h3-4,9,15H,2,5-8,10-12H2,1H3. The summed E-state index contributed by atoms with van der Waals surface area (Å²) in [7, 11) is 0. The van der Waals surface area contributed by atoms with Crippen LogP contribution in [0.25, 0.3) is 0 Å². The zero-order valence-electron chi connectivity index (χ0n) is 12.6. The fraction of sp³-hybridized carbons (Fsp3) is 0.647. The third kappa shape index (κ3) is 2.68. The molecule has 0 bridgehead atoms. The predicted octanol–water partition coefficient (Wildman–Crippen LogP) is 2.14. The van der Waals surface area contributed by atoms with Crippen LogP contribution in [-0.4, -0.2) is 49.6 Å². The number of piperidine rings is 1. The molecule has 4 heteroatoms. The van der Waals surface area contributed by atoms with Crippen molar-refractivity contribution >= 4 is 0 Å².